The summed E-state index contributed by atoms with van der Waals surface area (Å²) in [5, 5.41) is 20.2. The third-order valence-electron chi connectivity index (χ3n) is 4.87. The van der Waals surface area contributed by atoms with E-state index >= 15 is 0 Å². The maximum absolute atomic E-state index is 10.1. The lowest BCUT2D eigenvalue weighted by molar-refractivity contribution is 0.377. The van der Waals surface area contributed by atoms with Gasteiger partial charge in [-0.2, -0.15) is 0 Å². The van der Waals surface area contributed by atoms with Gasteiger partial charge in [-0.1, -0.05) is 86.2 Å². The van der Waals surface area contributed by atoms with Gasteiger partial charge in [-0.15, -0.1) is 0 Å². The molecular weight excluding hydrogens is 372 g/mol. The highest BCUT2D eigenvalue weighted by Gasteiger charge is 2.25. The second kappa shape index (κ2) is 10.9. The SMILES string of the molecule is C=C/C(O)=C(\C=C/C)C(C)(C)CCSSCCC(C)(C)c1ccccc1O. The van der Waals surface area contributed by atoms with E-state index in [0.29, 0.717) is 5.75 Å². The second-order valence-corrected chi connectivity index (χ2v) is 10.6. The third-order valence-corrected chi connectivity index (χ3v) is 7.28. The molecule has 2 nitrogen and oxygen atoms in total. The quantitative estimate of drug-likeness (QED) is 0.173. The van der Waals surface area contributed by atoms with E-state index in [1.54, 1.807) is 6.07 Å². The largest absolute Gasteiger partial charge is 0.508 e. The van der Waals surface area contributed by atoms with Crippen LogP contribution in [0.3, 0.4) is 0 Å². The van der Waals surface area contributed by atoms with Crippen molar-refractivity contribution in [2.45, 2.75) is 52.9 Å². The van der Waals surface area contributed by atoms with E-state index in [0.717, 1.165) is 35.5 Å². The van der Waals surface area contributed by atoms with Crippen LogP contribution in [0.5, 0.6) is 5.75 Å². The zero-order valence-corrected chi connectivity index (χ0v) is 18.9. The number of phenols is 1. The van der Waals surface area contributed by atoms with Crippen molar-refractivity contribution in [3.8, 4) is 5.75 Å². The van der Waals surface area contributed by atoms with Crippen molar-refractivity contribution < 1.29 is 10.2 Å². The summed E-state index contributed by atoms with van der Waals surface area (Å²) in [6.07, 6.45) is 7.43. The highest BCUT2D eigenvalue weighted by atomic mass is 33.1. The fraction of sp³-hybridized carbons (Fsp3) is 0.478. The lowest BCUT2D eigenvalue weighted by Crippen LogP contribution is -2.18. The monoisotopic (exact) mass is 406 g/mol. The summed E-state index contributed by atoms with van der Waals surface area (Å²) in [6, 6.07) is 7.61. The molecule has 0 unspecified atom stereocenters. The Kier molecular flexibility index (Phi) is 9.61. The molecule has 2 N–H and O–H groups in total. The first-order valence-electron chi connectivity index (χ1n) is 9.37. The van der Waals surface area contributed by atoms with Crippen LogP contribution in [-0.4, -0.2) is 21.7 Å². The Hall–Kier alpha value is -1.26. The summed E-state index contributed by atoms with van der Waals surface area (Å²) in [5.41, 5.74) is 1.80. The van der Waals surface area contributed by atoms with Crippen molar-refractivity contribution in [3.63, 3.8) is 0 Å². The number of allylic oxidation sites excluding steroid dienone is 4. The third kappa shape index (κ3) is 7.34. The van der Waals surface area contributed by atoms with Crippen LogP contribution >= 0.6 is 21.6 Å². The Balaban J connectivity index is 2.48. The molecule has 0 aliphatic heterocycles. The van der Waals surface area contributed by atoms with Gasteiger partial charge in [0.2, 0.25) is 0 Å². The van der Waals surface area contributed by atoms with E-state index in [9.17, 15) is 10.2 Å². The Morgan fingerprint density at radius 3 is 2.22 bits per heavy atom. The van der Waals surface area contributed by atoms with E-state index in [4.69, 9.17) is 0 Å². The number of rotatable bonds is 11. The lowest BCUT2D eigenvalue weighted by Gasteiger charge is -2.27. The van der Waals surface area contributed by atoms with Crippen LogP contribution < -0.4 is 0 Å². The van der Waals surface area contributed by atoms with E-state index in [1.165, 1.54) is 6.08 Å². The number of hydrogen-bond donors (Lipinski definition) is 2. The summed E-state index contributed by atoms with van der Waals surface area (Å²) in [6.45, 7) is 14.3. The molecule has 150 valence electrons. The topological polar surface area (TPSA) is 40.5 Å². The van der Waals surface area contributed by atoms with Gasteiger partial charge in [-0.25, -0.2) is 0 Å². The van der Waals surface area contributed by atoms with Crippen molar-refractivity contribution in [3.05, 3.63) is 66.0 Å². The number of benzene rings is 1. The van der Waals surface area contributed by atoms with E-state index < -0.39 is 0 Å². The zero-order valence-electron chi connectivity index (χ0n) is 17.3. The van der Waals surface area contributed by atoms with Gasteiger partial charge in [0.25, 0.3) is 0 Å². The van der Waals surface area contributed by atoms with Crippen LogP contribution in [0.15, 0.2) is 60.4 Å². The van der Waals surface area contributed by atoms with Gasteiger partial charge in [0.1, 0.15) is 11.5 Å². The molecule has 0 amide bonds. The first-order chi connectivity index (χ1) is 12.7. The van der Waals surface area contributed by atoms with Crippen LogP contribution in [0.2, 0.25) is 0 Å². The Labute approximate surface area is 173 Å². The van der Waals surface area contributed by atoms with Gasteiger partial charge in [-0.05, 0) is 53.9 Å². The van der Waals surface area contributed by atoms with Crippen LogP contribution in [-0.2, 0) is 5.41 Å². The fourth-order valence-electron chi connectivity index (χ4n) is 2.96. The maximum Gasteiger partial charge on any atom is 0.119 e. The number of para-hydroxylation sites is 1. The molecular formula is C23H34O2S2. The molecule has 0 aliphatic carbocycles. The zero-order chi connectivity index (χ0) is 20.5. The molecule has 4 heteroatoms. The van der Waals surface area contributed by atoms with E-state index in [1.807, 2.05) is 58.9 Å². The summed E-state index contributed by atoms with van der Waals surface area (Å²) in [7, 11) is 3.75. The number of aromatic hydroxyl groups is 1. The number of aliphatic hydroxyl groups excluding tert-OH is 1. The van der Waals surface area contributed by atoms with Crippen molar-refractivity contribution in [1.82, 2.24) is 0 Å². The minimum absolute atomic E-state index is 0.0459. The van der Waals surface area contributed by atoms with Gasteiger partial charge < -0.3 is 10.2 Å². The average Bonchev–Trinajstić information content (AvgIpc) is 2.62. The minimum atomic E-state index is -0.104. The first kappa shape index (κ1) is 23.8. The molecule has 0 atom stereocenters. The molecule has 0 saturated carbocycles. The van der Waals surface area contributed by atoms with Crippen molar-refractivity contribution >= 4 is 21.6 Å². The Bertz CT molecular complexity index is 673. The molecule has 1 aromatic rings. The van der Waals surface area contributed by atoms with Crippen LogP contribution in [0.1, 0.15) is 53.0 Å². The van der Waals surface area contributed by atoms with Crippen LogP contribution in [0.25, 0.3) is 0 Å². The second-order valence-electron chi connectivity index (χ2n) is 7.93. The molecule has 0 aliphatic rings. The van der Waals surface area contributed by atoms with Crippen LogP contribution in [0.4, 0.5) is 0 Å². The van der Waals surface area contributed by atoms with Gasteiger partial charge in [0.05, 0.1) is 0 Å². The van der Waals surface area contributed by atoms with Gasteiger partial charge in [0.15, 0.2) is 0 Å². The highest BCUT2D eigenvalue weighted by Crippen LogP contribution is 2.38. The van der Waals surface area contributed by atoms with E-state index in [2.05, 4.69) is 34.3 Å². The molecule has 27 heavy (non-hydrogen) atoms. The molecule has 0 saturated heterocycles. The van der Waals surface area contributed by atoms with Gasteiger partial charge in [0, 0.05) is 11.5 Å². The Morgan fingerprint density at radius 1 is 1.07 bits per heavy atom. The molecule has 0 radical (unpaired) electrons. The molecule has 0 spiro atoms. The maximum atomic E-state index is 10.1. The van der Waals surface area contributed by atoms with Crippen molar-refractivity contribution in [2.24, 2.45) is 5.41 Å². The summed E-state index contributed by atoms with van der Waals surface area (Å²) in [4.78, 5) is 0. The smallest absolute Gasteiger partial charge is 0.119 e. The molecule has 0 fully saturated rings. The number of hydrogen-bond acceptors (Lipinski definition) is 4. The summed E-state index contributed by atoms with van der Waals surface area (Å²) in [5.74, 6) is 2.69. The molecule has 0 bridgehead atoms. The molecule has 1 aromatic carbocycles. The van der Waals surface area contributed by atoms with Gasteiger partial charge in [-0.3, -0.25) is 0 Å². The van der Waals surface area contributed by atoms with E-state index in [-0.39, 0.29) is 16.6 Å². The minimum Gasteiger partial charge on any atom is -0.508 e. The standard InChI is InChI=1S/C23H34O2S2/c1-7-11-18(20(24)8-2)22(3,4)14-16-26-27-17-15-23(5,6)19-12-9-10-13-21(19)25/h7-13,24-25H,2,14-17H2,1,3-6H3/b11-7-,20-18-. The molecule has 0 aromatic heterocycles. The number of aliphatic hydroxyl groups is 1. The highest BCUT2D eigenvalue weighted by molar-refractivity contribution is 8.76. The predicted molar refractivity (Wildman–Crippen MR) is 124 cm³/mol. The predicted octanol–water partition coefficient (Wildman–Crippen LogP) is 7.43. The average molecular weight is 407 g/mol. The van der Waals surface area contributed by atoms with Crippen molar-refractivity contribution in [1.29, 1.82) is 0 Å². The molecule has 1 rings (SSSR count). The van der Waals surface area contributed by atoms with Crippen LogP contribution in [0, 0.1) is 5.41 Å². The molecule has 0 heterocycles. The first-order valence-corrected chi connectivity index (χ1v) is 11.9. The summed E-state index contributed by atoms with van der Waals surface area (Å²) >= 11 is 0. The Morgan fingerprint density at radius 2 is 1.67 bits per heavy atom. The normalized spacial score (nSPS) is 13.7. The van der Waals surface area contributed by atoms with Gasteiger partial charge >= 0.3 is 0 Å². The lowest BCUT2D eigenvalue weighted by atomic mass is 9.80. The van der Waals surface area contributed by atoms with Crippen molar-refractivity contribution in [2.75, 3.05) is 11.5 Å². The fourth-order valence-corrected chi connectivity index (χ4v) is 5.59. The number of phenolic OH excluding ortho intramolecular Hbond substituents is 1. The summed E-state index contributed by atoms with van der Waals surface area (Å²) < 4.78 is 0.